The van der Waals surface area contributed by atoms with E-state index in [0.717, 1.165) is 29.3 Å². The molecule has 0 saturated carbocycles. The Morgan fingerprint density at radius 2 is 1.68 bits per heavy atom. The van der Waals surface area contributed by atoms with E-state index in [4.69, 9.17) is 4.74 Å². The predicted octanol–water partition coefficient (Wildman–Crippen LogP) is 4.54. The molecule has 0 aromatic heterocycles. The van der Waals surface area contributed by atoms with E-state index in [9.17, 15) is 5.21 Å². The van der Waals surface area contributed by atoms with E-state index >= 15 is 0 Å². The number of ether oxygens (including phenoxy) is 1. The largest absolute Gasteiger partial charge is 0.469 e. The van der Waals surface area contributed by atoms with Crippen molar-refractivity contribution < 1.29 is 9.94 Å². The van der Waals surface area contributed by atoms with Gasteiger partial charge < -0.3 is 4.74 Å². The first-order valence-corrected chi connectivity index (χ1v) is 8.66. The zero-order chi connectivity index (χ0) is 17.9. The van der Waals surface area contributed by atoms with Crippen molar-refractivity contribution in [3.63, 3.8) is 0 Å². The number of benzene rings is 2. The minimum absolute atomic E-state index is 0.303. The molecule has 25 heavy (non-hydrogen) atoms. The molecule has 1 N–H and O–H groups in total. The number of aliphatic imine (C=N–C) groups is 1. The van der Waals surface area contributed by atoms with Gasteiger partial charge in [0.2, 0.25) is 0 Å². The van der Waals surface area contributed by atoms with Crippen LogP contribution in [0.2, 0.25) is 0 Å². The van der Waals surface area contributed by atoms with Gasteiger partial charge in [-0.2, -0.15) is 0 Å². The van der Waals surface area contributed by atoms with E-state index in [1.165, 1.54) is 5.56 Å². The fraction of sp³-hybridized carbons (Fsp3) is 0.350. The van der Waals surface area contributed by atoms with Crippen molar-refractivity contribution >= 4 is 6.34 Å². The number of nitrogens with zero attached hydrogens (tertiary/aromatic N) is 3. The molecule has 1 heterocycles. The highest BCUT2D eigenvalue weighted by atomic mass is 16.6. The quantitative estimate of drug-likeness (QED) is 0.839. The molecule has 1 aliphatic rings. The second-order valence-electron chi connectivity index (χ2n) is 6.66. The van der Waals surface area contributed by atoms with Crippen LogP contribution in [-0.4, -0.2) is 33.6 Å². The van der Waals surface area contributed by atoms with E-state index in [1.807, 2.05) is 56.3 Å². The van der Waals surface area contributed by atoms with Gasteiger partial charge in [-0.15, -0.1) is 0 Å². The molecular formula is C20H25N3O2. The summed E-state index contributed by atoms with van der Waals surface area (Å²) in [5, 5.41) is 13.1. The Hall–Kier alpha value is -2.37. The molecule has 1 aliphatic heterocycles. The summed E-state index contributed by atoms with van der Waals surface area (Å²) in [7, 11) is 0. The first-order valence-electron chi connectivity index (χ1n) is 8.66. The Balaban J connectivity index is 1.74. The molecule has 5 heteroatoms. The van der Waals surface area contributed by atoms with Crippen molar-refractivity contribution in [2.24, 2.45) is 4.99 Å². The third-order valence-electron chi connectivity index (χ3n) is 4.26. The summed E-state index contributed by atoms with van der Waals surface area (Å²) >= 11 is 0. The first kappa shape index (κ1) is 17.5. The summed E-state index contributed by atoms with van der Waals surface area (Å²) in [6, 6.07) is 18.3. The molecule has 2 aromatic rings. The van der Waals surface area contributed by atoms with Crippen molar-refractivity contribution in [2.75, 3.05) is 0 Å². The maximum Gasteiger partial charge on any atom is 0.189 e. The molecule has 132 valence electrons. The number of hydrazine groups is 1. The van der Waals surface area contributed by atoms with Gasteiger partial charge in [-0.3, -0.25) is 5.21 Å². The molecular weight excluding hydrogens is 314 g/mol. The molecule has 0 spiro atoms. The third kappa shape index (κ3) is 3.83. The third-order valence-corrected chi connectivity index (χ3v) is 4.26. The fourth-order valence-electron chi connectivity index (χ4n) is 2.79. The lowest BCUT2D eigenvalue weighted by molar-refractivity contribution is -0.283. The van der Waals surface area contributed by atoms with Crippen LogP contribution in [0, 0.1) is 0 Å². The Bertz CT molecular complexity index is 713. The summed E-state index contributed by atoms with van der Waals surface area (Å²) < 4.78 is 6.13. The smallest absolute Gasteiger partial charge is 0.189 e. The maximum absolute atomic E-state index is 10.3. The van der Waals surface area contributed by atoms with E-state index in [1.54, 1.807) is 11.3 Å². The van der Waals surface area contributed by atoms with Crippen molar-refractivity contribution in [2.45, 2.75) is 45.5 Å². The Labute approximate surface area is 149 Å². The highest BCUT2D eigenvalue weighted by molar-refractivity contribution is 5.64. The SMILES string of the molecule is CCCC(Oc1ccc(-c2ccccc2)cc1)N1C=NC(C)(C)N1O. The van der Waals surface area contributed by atoms with Gasteiger partial charge in [0, 0.05) is 6.42 Å². The summed E-state index contributed by atoms with van der Waals surface area (Å²) in [6.07, 6.45) is 3.05. The normalized spacial score (nSPS) is 17.7. The number of rotatable bonds is 6. The molecule has 1 atom stereocenters. The van der Waals surface area contributed by atoms with Gasteiger partial charge in [-0.25, -0.2) is 10.0 Å². The first-order chi connectivity index (χ1) is 12.0. The summed E-state index contributed by atoms with van der Waals surface area (Å²) in [5.41, 5.74) is 1.65. The zero-order valence-electron chi connectivity index (χ0n) is 15.0. The second kappa shape index (κ2) is 7.25. The van der Waals surface area contributed by atoms with Crippen molar-refractivity contribution in [3.8, 4) is 16.9 Å². The Morgan fingerprint density at radius 3 is 2.24 bits per heavy atom. The van der Waals surface area contributed by atoms with E-state index in [2.05, 4.69) is 24.0 Å². The van der Waals surface area contributed by atoms with Gasteiger partial charge in [-0.1, -0.05) is 61.0 Å². The highest BCUT2D eigenvalue weighted by Crippen LogP contribution is 2.27. The van der Waals surface area contributed by atoms with Crippen molar-refractivity contribution in [1.29, 1.82) is 0 Å². The zero-order valence-corrected chi connectivity index (χ0v) is 15.0. The van der Waals surface area contributed by atoms with Crippen LogP contribution in [0.4, 0.5) is 0 Å². The van der Waals surface area contributed by atoms with E-state index in [-0.39, 0.29) is 6.23 Å². The molecule has 2 aromatic carbocycles. The van der Waals surface area contributed by atoms with Crippen LogP contribution < -0.4 is 4.74 Å². The van der Waals surface area contributed by atoms with Crippen LogP contribution in [0.5, 0.6) is 5.75 Å². The van der Waals surface area contributed by atoms with Gasteiger partial charge in [0.1, 0.15) is 12.1 Å². The maximum atomic E-state index is 10.3. The van der Waals surface area contributed by atoms with Gasteiger partial charge >= 0.3 is 0 Å². The topological polar surface area (TPSA) is 48.3 Å². The van der Waals surface area contributed by atoms with Crippen LogP contribution in [0.1, 0.15) is 33.6 Å². The number of hydrogen-bond donors (Lipinski definition) is 1. The van der Waals surface area contributed by atoms with Crippen molar-refractivity contribution in [1.82, 2.24) is 10.2 Å². The number of hydroxylamine groups is 1. The second-order valence-corrected chi connectivity index (χ2v) is 6.66. The summed E-state index contributed by atoms with van der Waals surface area (Å²) in [4.78, 5) is 4.33. The van der Waals surface area contributed by atoms with Crippen LogP contribution in [-0.2, 0) is 0 Å². The summed E-state index contributed by atoms with van der Waals surface area (Å²) in [5.74, 6) is 0.768. The molecule has 3 rings (SSSR count). The lowest BCUT2D eigenvalue weighted by Crippen LogP contribution is -2.51. The highest BCUT2D eigenvalue weighted by Gasteiger charge is 2.38. The average molecular weight is 339 g/mol. The molecule has 0 bridgehead atoms. The van der Waals surface area contributed by atoms with E-state index in [0.29, 0.717) is 0 Å². The lowest BCUT2D eigenvalue weighted by Gasteiger charge is -2.35. The minimum Gasteiger partial charge on any atom is -0.469 e. The molecule has 0 amide bonds. The van der Waals surface area contributed by atoms with Gasteiger partial charge in [0.25, 0.3) is 0 Å². The van der Waals surface area contributed by atoms with Crippen LogP contribution in [0.25, 0.3) is 11.1 Å². The van der Waals surface area contributed by atoms with Crippen molar-refractivity contribution in [3.05, 3.63) is 54.6 Å². The van der Waals surface area contributed by atoms with Gasteiger partial charge in [0.15, 0.2) is 11.9 Å². The Morgan fingerprint density at radius 1 is 1.04 bits per heavy atom. The van der Waals surface area contributed by atoms with Crippen LogP contribution >= 0.6 is 0 Å². The molecule has 0 saturated heterocycles. The Kier molecular flexibility index (Phi) is 5.06. The number of hydrogen-bond acceptors (Lipinski definition) is 5. The van der Waals surface area contributed by atoms with E-state index < -0.39 is 5.66 Å². The molecule has 0 radical (unpaired) electrons. The minimum atomic E-state index is -0.674. The molecule has 1 unspecified atom stereocenters. The molecule has 5 nitrogen and oxygen atoms in total. The average Bonchev–Trinajstić information content (AvgIpc) is 2.89. The molecule has 0 fully saturated rings. The fourth-order valence-corrected chi connectivity index (χ4v) is 2.79. The standard InChI is InChI=1S/C20H25N3O2/c1-4-8-19(22-15-21-20(2,3)23(22)24)25-18-13-11-17(12-14-18)16-9-6-5-7-10-16/h5-7,9-15,19,24H,4,8H2,1-3H3. The molecule has 0 aliphatic carbocycles. The van der Waals surface area contributed by atoms with Crippen LogP contribution in [0.15, 0.2) is 59.6 Å². The predicted molar refractivity (Wildman–Crippen MR) is 99.2 cm³/mol. The summed E-state index contributed by atoms with van der Waals surface area (Å²) in [6.45, 7) is 5.79. The lowest BCUT2D eigenvalue weighted by atomic mass is 10.1. The van der Waals surface area contributed by atoms with Gasteiger partial charge in [-0.05, 0) is 37.1 Å². The van der Waals surface area contributed by atoms with Crippen LogP contribution in [0.3, 0.4) is 0 Å². The van der Waals surface area contributed by atoms with Gasteiger partial charge in [0.05, 0.1) is 0 Å². The monoisotopic (exact) mass is 339 g/mol.